The van der Waals surface area contributed by atoms with Crippen LogP contribution in [0.2, 0.25) is 0 Å². The number of nitrogens with zero attached hydrogens (tertiary/aromatic N) is 3. The molecule has 6 heteroatoms. The molecule has 1 aromatic rings. The summed E-state index contributed by atoms with van der Waals surface area (Å²) in [5.41, 5.74) is 0.565. The fourth-order valence-corrected chi connectivity index (χ4v) is 1.73. The summed E-state index contributed by atoms with van der Waals surface area (Å²) >= 11 is 0. The third-order valence-electron chi connectivity index (χ3n) is 3.37. The molecule has 0 radical (unpaired) electrons. The van der Waals surface area contributed by atoms with Crippen molar-refractivity contribution in [1.82, 2.24) is 9.78 Å². The molecule has 0 bridgehead atoms. The van der Waals surface area contributed by atoms with E-state index in [1.54, 1.807) is 11.6 Å². The zero-order chi connectivity index (χ0) is 14.8. The minimum atomic E-state index is -0.355. The fourth-order valence-electron chi connectivity index (χ4n) is 1.73. The van der Waals surface area contributed by atoms with Gasteiger partial charge in [-0.15, -0.1) is 0 Å². The number of rotatable bonds is 5. The molecule has 0 saturated carbocycles. The molecule has 1 atom stereocenters. The highest BCUT2D eigenvalue weighted by atomic mass is 16.6. The maximum Gasteiger partial charge on any atom is 0.333 e. The first kappa shape index (κ1) is 15.5. The molecule has 0 fully saturated rings. The van der Waals surface area contributed by atoms with E-state index in [2.05, 4.69) is 31.2 Å². The summed E-state index contributed by atoms with van der Waals surface area (Å²) in [5, 5.41) is 18.7. The van der Waals surface area contributed by atoms with Gasteiger partial charge in [0.25, 0.3) is 0 Å². The smallest absolute Gasteiger partial charge is 0.333 e. The summed E-state index contributed by atoms with van der Waals surface area (Å²) in [4.78, 5) is 10.8. The average Bonchev–Trinajstić information content (AvgIpc) is 2.54. The van der Waals surface area contributed by atoms with Crippen LogP contribution in [0.5, 0.6) is 0 Å². The monoisotopic (exact) mass is 268 g/mol. The first-order valence-corrected chi connectivity index (χ1v) is 6.66. The Bertz CT molecular complexity index is 460. The summed E-state index contributed by atoms with van der Waals surface area (Å²) in [6.45, 7) is 12.7. The van der Waals surface area contributed by atoms with E-state index < -0.39 is 0 Å². The molecule has 0 spiro atoms. The lowest BCUT2D eigenvalue weighted by Crippen LogP contribution is -2.32. The second kappa shape index (κ2) is 5.59. The van der Waals surface area contributed by atoms with Crippen LogP contribution in [0.15, 0.2) is 0 Å². The van der Waals surface area contributed by atoms with Gasteiger partial charge in [0.05, 0.1) is 4.92 Å². The van der Waals surface area contributed by atoms with Crippen LogP contribution in [-0.2, 0) is 6.54 Å². The number of nitro groups is 1. The van der Waals surface area contributed by atoms with Crippen molar-refractivity contribution in [3.8, 4) is 0 Å². The van der Waals surface area contributed by atoms with Crippen molar-refractivity contribution < 1.29 is 4.92 Å². The number of anilines is 1. The highest BCUT2D eigenvalue weighted by molar-refractivity contribution is 5.60. The fraction of sp³-hybridized carbons (Fsp3) is 0.769. The van der Waals surface area contributed by atoms with E-state index in [-0.39, 0.29) is 22.1 Å². The Morgan fingerprint density at radius 1 is 1.47 bits per heavy atom. The predicted octanol–water partition coefficient (Wildman–Crippen LogP) is 3.36. The molecule has 0 aliphatic heterocycles. The van der Waals surface area contributed by atoms with Gasteiger partial charge in [-0.1, -0.05) is 27.7 Å². The molecule has 1 rings (SSSR count). The summed E-state index contributed by atoms with van der Waals surface area (Å²) in [7, 11) is 0. The van der Waals surface area contributed by atoms with Gasteiger partial charge < -0.3 is 5.32 Å². The number of hydrogen-bond acceptors (Lipinski definition) is 4. The van der Waals surface area contributed by atoms with E-state index in [4.69, 9.17) is 0 Å². The zero-order valence-corrected chi connectivity index (χ0v) is 12.6. The highest BCUT2D eigenvalue weighted by Gasteiger charge is 2.29. The molecule has 1 heterocycles. The first-order valence-electron chi connectivity index (χ1n) is 6.66. The van der Waals surface area contributed by atoms with Gasteiger partial charge in [0, 0.05) is 12.6 Å². The van der Waals surface area contributed by atoms with Gasteiger partial charge >= 0.3 is 5.69 Å². The minimum absolute atomic E-state index is 0.0170. The van der Waals surface area contributed by atoms with Gasteiger partial charge in [0.15, 0.2) is 0 Å². The Balaban J connectivity index is 3.18. The van der Waals surface area contributed by atoms with Gasteiger partial charge in [-0.05, 0) is 25.7 Å². The van der Waals surface area contributed by atoms with E-state index >= 15 is 0 Å². The molecule has 0 aliphatic carbocycles. The maximum atomic E-state index is 11.2. The number of nitrogens with one attached hydrogen (secondary N) is 1. The molecular weight excluding hydrogens is 244 g/mol. The van der Waals surface area contributed by atoms with E-state index in [9.17, 15) is 10.1 Å². The molecule has 0 amide bonds. The molecule has 0 saturated heterocycles. The summed E-state index contributed by atoms with van der Waals surface area (Å²) in [5.74, 6) is 0.520. The second-order valence-corrected chi connectivity index (χ2v) is 5.99. The van der Waals surface area contributed by atoms with Gasteiger partial charge in [0.2, 0.25) is 5.82 Å². The Kier molecular flexibility index (Phi) is 4.55. The maximum absolute atomic E-state index is 11.2. The molecule has 6 nitrogen and oxygen atoms in total. The van der Waals surface area contributed by atoms with Crippen molar-refractivity contribution >= 4 is 11.5 Å². The summed E-state index contributed by atoms with van der Waals surface area (Å²) < 4.78 is 1.70. The van der Waals surface area contributed by atoms with E-state index in [1.807, 2.05) is 13.8 Å². The molecule has 0 aliphatic rings. The minimum Gasteiger partial charge on any atom is -0.362 e. The van der Waals surface area contributed by atoms with Crippen molar-refractivity contribution in [2.24, 2.45) is 5.41 Å². The summed E-state index contributed by atoms with van der Waals surface area (Å²) in [6.07, 6.45) is 0.886. The van der Waals surface area contributed by atoms with Crippen LogP contribution in [0.4, 0.5) is 11.5 Å². The molecule has 0 aromatic carbocycles. The van der Waals surface area contributed by atoms with Gasteiger partial charge in [-0.3, -0.25) is 10.1 Å². The van der Waals surface area contributed by atoms with E-state index in [0.717, 1.165) is 6.42 Å². The van der Waals surface area contributed by atoms with Gasteiger partial charge in [-0.25, -0.2) is 4.68 Å². The van der Waals surface area contributed by atoms with Gasteiger partial charge in [-0.2, -0.15) is 5.10 Å². The lowest BCUT2D eigenvalue weighted by Gasteiger charge is -2.28. The van der Waals surface area contributed by atoms with Crippen LogP contribution in [0.3, 0.4) is 0 Å². The Hall–Kier alpha value is -1.59. The molecule has 19 heavy (non-hydrogen) atoms. The van der Waals surface area contributed by atoms with Crippen LogP contribution in [0.25, 0.3) is 0 Å². The quantitative estimate of drug-likeness (QED) is 0.656. The van der Waals surface area contributed by atoms with Crippen molar-refractivity contribution in [3.63, 3.8) is 0 Å². The van der Waals surface area contributed by atoms with Crippen LogP contribution in [-0.4, -0.2) is 20.7 Å². The Labute approximate surface area is 114 Å². The lowest BCUT2D eigenvalue weighted by atomic mass is 9.88. The molecule has 108 valence electrons. The van der Waals surface area contributed by atoms with Crippen molar-refractivity contribution in [1.29, 1.82) is 0 Å². The lowest BCUT2D eigenvalue weighted by molar-refractivity contribution is -0.384. The molecular formula is C13H24N4O2. The van der Waals surface area contributed by atoms with Gasteiger partial charge in [0.1, 0.15) is 5.69 Å². The van der Waals surface area contributed by atoms with E-state index in [1.165, 1.54) is 0 Å². The van der Waals surface area contributed by atoms with Crippen LogP contribution < -0.4 is 5.32 Å². The van der Waals surface area contributed by atoms with Crippen molar-refractivity contribution in [3.05, 3.63) is 15.8 Å². The standard InChI is InChI=1S/C13H24N4O2/c1-7-8-16-12(14-10(3)13(4,5)6)11(17(18)19)9(2)15-16/h10,14H,7-8H2,1-6H3. The molecule has 1 unspecified atom stereocenters. The molecule has 1 N–H and O–H groups in total. The van der Waals surface area contributed by atoms with Crippen molar-refractivity contribution in [2.45, 2.75) is 60.5 Å². The first-order chi connectivity index (χ1) is 8.68. The third-order valence-corrected chi connectivity index (χ3v) is 3.37. The second-order valence-electron chi connectivity index (χ2n) is 5.99. The Morgan fingerprint density at radius 2 is 2.05 bits per heavy atom. The normalized spacial score (nSPS) is 13.4. The van der Waals surface area contributed by atoms with Crippen LogP contribution in [0.1, 0.15) is 46.7 Å². The third kappa shape index (κ3) is 3.45. The van der Waals surface area contributed by atoms with Crippen LogP contribution >= 0.6 is 0 Å². The zero-order valence-electron chi connectivity index (χ0n) is 12.6. The predicted molar refractivity (Wildman–Crippen MR) is 76.4 cm³/mol. The van der Waals surface area contributed by atoms with Crippen LogP contribution in [0, 0.1) is 22.5 Å². The number of aromatic nitrogens is 2. The molecule has 1 aromatic heterocycles. The highest BCUT2D eigenvalue weighted by Crippen LogP contribution is 2.31. The van der Waals surface area contributed by atoms with E-state index in [0.29, 0.717) is 18.1 Å². The largest absolute Gasteiger partial charge is 0.362 e. The number of aryl methyl sites for hydroxylation is 2. The Morgan fingerprint density at radius 3 is 2.47 bits per heavy atom. The SMILES string of the molecule is CCCn1nc(C)c([N+](=O)[O-])c1NC(C)C(C)(C)C. The topological polar surface area (TPSA) is 73.0 Å². The number of hydrogen-bond donors (Lipinski definition) is 1. The summed E-state index contributed by atoms with van der Waals surface area (Å²) in [6, 6.07) is 0.109. The van der Waals surface area contributed by atoms with Crippen molar-refractivity contribution in [2.75, 3.05) is 5.32 Å². The average molecular weight is 268 g/mol.